The topological polar surface area (TPSA) is 160 Å². The molecule has 1 saturated carbocycles. The quantitative estimate of drug-likeness (QED) is 0.168. The third-order valence-electron chi connectivity index (χ3n) is 13.0. The fourth-order valence-electron chi connectivity index (χ4n) is 10.1. The van der Waals surface area contributed by atoms with Gasteiger partial charge in [-0.15, -0.1) is 0 Å². The molecule has 4 aliphatic rings. The number of para-hydroxylation sites is 1. The third kappa shape index (κ3) is 7.24. The number of hydrogen-bond acceptors (Lipinski definition) is 9. The molecule has 3 atom stereocenters. The molecule has 14 nitrogen and oxygen atoms in total. The number of benzene rings is 2. The molecule has 3 aliphatic heterocycles. The van der Waals surface area contributed by atoms with Gasteiger partial charge in [-0.2, -0.15) is 18.3 Å². The van der Waals surface area contributed by atoms with Gasteiger partial charge in [-0.1, -0.05) is 12.1 Å². The van der Waals surface area contributed by atoms with Crippen LogP contribution in [-0.2, 0) is 28.4 Å². The van der Waals surface area contributed by atoms with Crippen LogP contribution >= 0.6 is 0 Å². The van der Waals surface area contributed by atoms with Gasteiger partial charge in [-0.05, 0) is 101 Å². The van der Waals surface area contributed by atoms with Crippen LogP contribution < -0.4 is 21.2 Å². The Morgan fingerprint density at radius 1 is 0.933 bits per heavy atom. The summed E-state index contributed by atoms with van der Waals surface area (Å²) in [6, 6.07) is 12.5. The van der Waals surface area contributed by atoms with E-state index in [1.54, 1.807) is 42.2 Å². The molecule has 17 heteroatoms. The molecule has 4 fully saturated rings. The molecule has 3 aromatic heterocycles. The van der Waals surface area contributed by atoms with Crippen molar-refractivity contribution in [2.24, 2.45) is 13.0 Å². The van der Waals surface area contributed by atoms with Crippen molar-refractivity contribution >= 4 is 51.0 Å². The molecule has 1 aliphatic carbocycles. The van der Waals surface area contributed by atoms with Crippen LogP contribution in [0.15, 0.2) is 59.5 Å². The Bertz CT molecular complexity index is 2570. The van der Waals surface area contributed by atoms with Crippen molar-refractivity contribution in [3.8, 4) is 0 Å². The number of carbonyl (C=O) groups is 3. The average Bonchev–Trinajstić information content (AvgIpc) is 3.82. The van der Waals surface area contributed by atoms with Gasteiger partial charge in [0.1, 0.15) is 17.4 Å². The first kappa shape index (κ1) is 39.9. The number of aromatic nitrogens is 5. The average molecular weight is 828 g/mol. The van der Waals surface area contributed by atoms with Gasteiger partial charge in [0, 0.05) is 68.0 Å². The molecule has 316 valence electrons. The van der Waals surface area contributed by atoms with Crippen molar-refractivity contribution in [2.45, 2.75) is 101 Å². The van der Waals surface area contributed by atoms with Gasteiger partial charge in [0.15, 0.2) is 0 Å². The van der Waals surface area contributed by atoms with Crippen molar-refractivity contribution in [1.29, 1.82) is 0 Å². The minimum absolute atomic E-state index is 0.166. The molecule has 3 saturated heterocycles. The molecule has 6 heterocycles. The number of aryl methyl sites for hydroxylation is 1. The molecule has 3 amide bonds. The van der Waals surface area contributed by atoms with Gasteiger partial charge in [-0.25, -0.2) is 9.78 Å². The number of aliphatic hydroxyl groups is 1. The van der Waals surface area contributed by atoms with Crippen molar-refractivity contribution in [1.82, 2.24) is 34.1 Å². The Labute approximate surface area is 343 Å². The Balaban J connectivity index is 0.860. The highest BCUT2D eigenvalue weighted by Crippen LogP contribution is 2.41. The lowest BCUT2D eigenvalue weighted by atomic mass is 9.85. The summed E-state index contributed by atoms with van der Waals surface area (Å²) in [5.41, 5.74) is 0.600. The van der Waals surface area contributed by atoms with Gasteiger partial charge in [0.25, 0.3) is 5.91 Å². The number of imidazole rings is 1. The molecule has 0 spiro atoms. The van der Waals surface area contributed by atoms with E-state index in [-0.39, 0.29) is 29.7 Å². The number of piperazine rings is 1. The van der Waals surface area contributed by atoms with E-state index >= 15 is 0 Å². The van der Waals surface area contributed by atoms with Crippen LogP contribution in [-0.4, -0.2) is 83.3 Å². The molecule has 2 bridgehead atoms. The van der Waals surface area contributed by atoms with Crippen LogP contribution in [0.2, 0.25) is 0 Å². The van der Waals surface area contributed by atoms with Crippen molar-refractivity contribution < 1.29 is 32.7 Å². The van der Waals surface area contributed by atoms with Crippen LogP contribution in [0.4, 0.5) is 24.5 Å². The van der Waals surface area contributed by atoms with E-state index in [0.717, 1.165) is 86.9 Å². The zero-order valence-corrected chi connectivity index (χ0v) is 33.7. The maximum Gasteiger partial charge on any atom is 0.433 e. The first-order valence-corrected chi connectivity index (χ1v) is 20.7. The molecular weight excluding hydrogens is 780 g/mol. The second-order valence-electron chi connectivity index (χ2n) is 17.5. The van der Waals surface area contributed by atoms with E-state index in [0.29, 0.717) is 41.0 Å². The molecule has 0 radical (unpaired) electrons. The van der Waals surface area contributed by atoms with E-state index in [1.165, 1.54) is 6.07 Å². The Morgan fingerprint density at radius 3 is 2.32 bits per heavy atom. The van der Waals surface area contributed by atoms with Crippen LogP contribution in [0.25, 0.3) is 21.9 Å². The van der Waals surface area contributed by atoms with E-state index < -0.39 is 41.0 Å². The number of pyridine rings is 1. The van der Waals surface area contributed by atoms with Crippen LogP contribution in [0.3, 0.4) is 0 Å². The minimum atomic E-state index is -4.70. The van der Waals surface area contributed by atoms with Crippen molar-refractivity contribution in [2.75, 3.05) is 29.9 Å². The number of fused-ring (bicyclic) bond motifs is 4. The molecule has 3 N–H and O–H groups in total. The second-order valence-corrected chi connectivity index (χ2v) is 17.5. The summed E-state index contributed by atoms with van der Waals surface area (Å²) < 4.78 is 45.0. The van der Waals surface area contributed by atoms with E-state index in [1.807, 2.05) is 23.0 Å². The number of nitrogens with one attached hydrogen (secondary N) is 2. The summed E-state index contributed by atoms with van der Waals surface area (Å²) in [7, 11) is 1.76. The number of imide groups is 1. The van der Waals surface area contributed by atoms with Gasteiger partial charge in [0.05, 0.1) is 33.9 Å². The highest BCUT2D eigenvalue weighted by atomic mass is 19.4. The summed E-state index contributed by atoms with van der Waals surface area (Å²) >= 11 is 0. The van der Waals surface area contributed by atoms with Gasteiger partial charge >= 0.3 is 11.9 Å². The third-order valence-corrected chi connectivity index (χ3v) is 13.0. The van der Waals surface area contributed by atoms with Gasteiger partial charge in [0.2, 0.25) is 11.8 Å². The van der Waals surface area contributed by atoms with E-state index in [2.05, 4.69) is 31.5 Å². The van der Waals surface area contributed by atoms with E-state index in [9.17, 15) is 37.5 Å². The number of carbonyl (C=O) groups excluding carboxylic acids is 3. The van der Waals surface area contributed by atoms with Crippen LogP contribution in [0.5, 0.6) is 0 Å². The van der Waals surface area contributed by atoms with E-state index in [4.69, 9.17) is 5.10 Å². The number of halogens is 3. The number of rotatable bonds is 8. The maximum atomic E-state index is 13.6. The first-order valence-electron chi connectivity index (χ1n) is 20.7. The second kappa shape index (κ2) is 14.9. The predicted molar refractivity (Wildman–Crippen MR) is 217 cm³/mol. The molecule has 5 aromatic rings. The highest BCUT2D eigenvalue weighted by Gasteiger charge is 2.42. The zero-order valence-electron chi connectivity index (χ0n) is 33.7. The minimum Gasteiger partial charge on any atom is -0.386 e. The molecule has 9 rings (SSSR count). The number of alkyl halides is 3. The van der Waals surface area contributed by atoms with Crippen molar-refractivity contribution in [3.63, 3.8) is 0 Å². The molecule has 60 heavy (non-hydrogen) atoms. The van der Waals surface area contributed by atoms with Gasteiger partial charge < -0.3 is 15.3 Å². The number of anilines is 2. The number of likely N-dealkylation sites (tertiary alicyclic amines) is 1. The lowest BCUT2D eigenvalue weighted by molar-refractivity contribution is -0.141. The zero-order chi connectivity index (χ0) is 42.2. The summed E-state index contributed by atoms with van der Waals surface area (Å²) in [6.45, 7) is 5.99. The number of amides is 3. The van der Waals surface area contributed by atoms with Crippen LogP contribution in [0, 0.1) is 5.92 Å². The number of piperidine rings is 1. The van der Waals surface area contributed by atoms with Crippen molar-refractivity contribution in [3.05, 3.63) is 82.2 Å². The fraction of sp³-hybridized carbons (Fsp3) is 0.488. The lowest BCUT2D eigenvalue weighted by Gasteiger charge is -2.44. The number of nitrogens with zero attached hydrogens (tertiary/aromatic N) is 7. The Hall–Kier alpha value is -5.55. The summed E-state index contributed by atoms with van der Waals surface area (Å²) in [5, 5.41) is 21.7. The summed E-state index contributed by atoms with van der Waals surface area (Å²) in [4.78, 5) is 60.0. The normalized spacial score (nSPS) is 24.1. The SMILES string of the molecule is Cn1c(=O)n(C2CCC(=O)NC2=O)c2cccc(N3[C@@H]4CC[C@H]3CN(CC3CCC(n5cc6cc(NC(=O)c7cccc(C(F)(F)F)n7)c(C(C)(C)O)cc6n5)CC3)C4)c21. The smallest absolute Gasteiger partial charge is 0.386 e. The molecular formula is C43H48F3N9O5. The summed E-state index contributed by atoms with van der Waals surface area (Å²) in [6.07, 6.45) is 3.78. The largest absolute Gasteiger partial charge is 0.433 e. The summed E-state index contributed by atoms with van der Waals surface area (Å²) in [5.74, 6) is -1.05. The fourth-order valence-corrected chi connectivity index (χ4v) is 10.1. The standard InChI is InChI=1S/C43H48F3N9O5/c1-42(2,60)29-19-31-25(18-32(29)48-39(57)30-6-4-9-36(47-30)43(44,45)46)21-53(50-31)26-12-10-24(11-13-26)20-52-22-27-14-15-28(23-52)54(27)33-7-5-8-34-38(33)51(3)41(59)55(34)35-16-17-37(56)49-40(35)58/h4-9,18-19,21,24,26-28,35,60H,10-17,20,22-23H2,1-3H3,(H,48,57)(H,49,56,58)/t24?,26?,27-,28+,35?. The Morgan fingerprint density at radius 2 is 1.63 bits per heavy atom. The monoisotopic (exact) mass is 827 g/mol. The first-order chi connectivity index (χ1) is 28.5. The Kier molecular flexibility index (Phi) is 9.88. The molecule has 1 unspecified atom stereocenters. The highest BCUT2D eigenvalue weighted by molar-refractivity contribution is 6.04. The van der Waals surface area contributed by atoms with Crippen LogP contribution in [0.1, 0.15) is 99.0 Å². The number of hydrogen-bond donors (Lipinski definition) is 3. The maximum absolute atomic E-state index is 13.6. The predicted octanol–water partition coefficient (Wildman–Crippen LogP) is 5.65. The molecule has 2 aromatic carbocycles. The lowest BCUT2D eigenvalue weighted by Crippen LogP contribution is -2.55. The van der Waals surface area contributed by atoms with Gasteiger partial charge in [-0.3, -0.25) is 38.4 Å².